The van der Waals surface area contributed by atoms with Crippen LogP contribution in [0.25, 0.3) is 0 Å². The van der Waals surface area contributed by atoms with Gasteiger partial charge in [-0.05, 0) is 38.3 Å². The van der Waals surface area contributed by atoms with Gasteiger partial charge in [0.15, 0.2) is 0 Å². The third kappa shape index (κ3) is 4.97. The molecule has 0 aliphatic heterocycles. The Balaban J connectivity index is 1.95. The van der Waals surface area contributed by atoms with E-state index in [2.05, 4.69) is 4.98 Å². The number of nitrogens with zero attached hydrogens (tertiary/aromatic N) is 1. The van der Waals surface area contributed by atoms with E-state index in [0.29, 0.717) is 12.2 Å². The molecule has 21 heavy (non-hydrogen) atoms. The molecule has 1 aliphatic rings. The smallest absolute Gasteiger partial charge is 0.150 e. The van der Waals surface area contributed by atoms with Gasteiger partial charge in [0, 0.05) is 30.8 Å². The number of hydrogen-bond donors (Lipinski definition) is 1. The third-order valence-electron chi connectivity index (χ3n) is 3.81. The van der Waals surface area contributed by atoms with Gasteiger partial charge in [-0.3, -0.25) is 4.98 Å². The van der Waals surface area contributed by atoms with Crippen LogP contribution in [0.1, 0.15) is 38.3 Å². The van der Waals surface area contributed by atoms with Gasteiger partial charge in [0.05, 0.1) is 11.4 Å². The normalized spacial score (nSPS) is 24.5. The topological polar surface area (TPSA) is 82.3 Å². The summed E-state index contributed by atoms with van der Waals surface area (Å²) in [7, 11) is -2.98. The van der Waals surface area contributed by atoms with E-state index >= 15 is 0 Å². The van der Waals surface area contributed by atoms with E-state index in [0.717, 1.165) is 31.4 Å². The number of sulfone groups is 1. The van der Waals surface area contributed by atoms with Crippen LogP contribution in [0.4, 0.5) is 0 Å². The average Bonchev–Trinajstić information content (AvgIpc) is 2.40. The van der Waals surface area contributed by atoms with Gasteiger partial charge in [0.25, 0.3) is 0 Å². The zero-order chi connectivity index (χ0) is 15.5. The molecule has 0 amide bonds. The van der Waals surface area contributed by atoms with Gasteiger partial charge in [-0.15, -0.1) is 0 Å². The Morgan fingerprint density at radius 2 is 2.19 bits per heavy atom. The molecule has 1 aromatic rings. The van der Waals surface area contributed by atoms with Crippen molar-refractivity contribution in [2.45, 2.75) is 56.4 Å². The molecule has 3 atom stereocenters. The molecule has 1 aromatic heterocycles. The molecule has 0 radical (unpaired) electrons. The summed E-state index contributed by atoms with van der Waals surface area (Å²) in [5.41, 5.74) is 6.68. The summed E-state index contributed by atoms with van der Waals surface area (Å²) in [6.07, 6.45) is 6.79. The Kier molecular flexibility index (Phi) is 5.22. The highest BCUT2D eigenvalue weighted by Gasteiger charge is 2.29. The van der Waals surface area contributed by atoms with Gasteiger partial charge in [-0.1, -0.05) is 0 Å². The molecule has 0 spiro atoms. The Bertz CT molecular complexity index is 555. The first-order chi connectivity index (χ1) is 9.84. The minimum absolute atomic E-state index is 0.0421. The molecule has 1 saturated carbocycles. The maximum absolute atomic E-state index is 11.7. The first kappa shape index (κ1) is 16.2. The number of aromatic nitrogens is 1. The van der Waals surface area contributed by atoms with Crippen LogP contribution >= 0.6 is 0 Å². The predicted molar refractivity (Wildman–Crippen MR) is 83.1 cm³/mol. The summed E-state index contributed by atoms with van der Waals surface area (Å²) in [5, 5.41) is -0.276. The third-order valence-corrected chi connectivity index (χ3v) is 5.45. The van der Waals surface area contributed by atoms with Crippen LogP contribution in [0.15, 0.2) is 18.3 Å². The molecular formula is C15H24N2O3S. The molecule has 0 saturated heterocycles. The molecule has 2 N–H and O–H groups in total. The number of nitrogens with two attached hydrogens (primary N) is 1. The Morgan fingerprint density at radius 3 is 2.76 bits per heavy atom. The maximum atomic E-state index is 11.7. The Morgan fingerprint density at radius 1 is 1.43 bits per heavy atom. The molecule has 1 aliphatic carbocycles. The summed E-state index contributed by atoms with van der Waals surface area (Å²) < 4.78 is 29.2. The molecular weight excluding hydrogens is 288 g/mol. The van der Waals surface area contributed by atoms with E-state index in [9.17, 15) is 8.42 Å². The van der Waals surface area contributed by atoms with E-state index in [1.54, 1.807) is 6.20 Å². The van der Waals surface area contributed by atoms with Gasteiger partial charge in [0.2, 0.25) is 0 Å². The fourth-order valence-corrected chi connectivity index (χ4v) is 3.88. The molecule has 0 bridgehead atoms. The van der Waals surface area contributed by atoms with Crippen molar-refractivity contribution in [2.24, 2.45) is 5.73 Å². The van der Waals surface area contributed by atoms with E-state index in [-0.39, 0.29) is 17.4 Å². The van der Waals surface area contributed by atoms with Crippen LogP contribution in [0.3, 0.4) is 0 Å². The van der Waals surface area contributed by atoms with Crippen LogP contribution in [-0.2, 0) is 16.3 Å². The lowest BCUT2D eigenvalue weighted by Gasteiger charge is -2.28. The van der Waals surface area contributed by atoms with Crippen molar-refractivity contribution in [2.75, 3.05) is 6.26 Å². The number of hydrogen-bond acceptors (Lipinski definition) is 5. The minimum atomic E-state index is -2.98. The molecule has 6 heteroatoms. The van der Waals surface area contributed by atoms with Crippen LogP contribution in [0.2, 0.25) is 0 Å². The highest BCUT2D eigenvalue weighted by Crippen LogP contribution is 2.27. The lowest BCUT2D eigenvalue weighted by atomic mass is 9.97. The van der Waals surface area contributed by atoms with Crippen LogP contribution in [0, 0.1) is 0 Å². The number of pyridine rings is 1. The predicted octanol–water partition coefficient (Wildman–Crippen LogP) is 1.71. The molecule has 1 fully saturated rings. The molecule has 1 heterocycles. The summed E-state index contributed by atoms with van der Waals surface area (Å²) in [6, 6.07) is 3.88. The Labute approximate surface area is 126 Å². The van der Waals surface area contributed by atoms with Crippen molar-refractivity contribution in [1.29, 1.82) is 0 Å². The van der Waals surface area contributed by atoms with E-state index < -0.39 is 9.84 Å². The fraction of sp³-hybridized carbons (Fsp3) is 0.667. The largest absolute Gasteiger partial charge is 0.489 e. The second-order valence-electron chi connectivity index (χ2n) is 6.02. The van der Waals surface area contributed by atoms with Crippen molar-refractivity contribution < 1.29 is 13.2 Å². The lowest BCUT2D eigenvalue weighted by molar-refractivity contribution is 0.155. The van der Waals surface area contributed by atoms with Crippen molar-refractivity contribution in [3.05, 3.63) is 24.0 Å². The first-order valence-electron chi connectivity index (χ1n) is 7.40. The van der Waals surface area contributed by atoms with Crippen molar-refractivity contribution >= 4 is 9.84 Å². The van der Waals surface area contributed by atoms with Crippen LogP contribution < -0.4 is 10.5 Å². The monoisotopic (exact) mass is 312 g/mol. The SMILES string of the molecule is CC(N)Cc1ccc(OC2CCCC(S(C)(=O)=O)C2)cn1. The second-order valence-corrected chi connectivity index (χ2v) is 8.35. The number of ether oxygens (including phenoxy) is 1. The molecule has 0 aromatic carbocycles. The zero-order valence-electron chi connectivity index (χ0n) is 12.7. The zero-order valence-corrected chi connectivity index (χ0v) is 13.5. The van der Waals surface area contributed by atoms with Gasteiger partial charge < -0.3 is 10.5 Å². The first-order valence-corrected chi connectivity index (χ1v) is 9.36. The summed E-state index contributed by atoms with van der Waals surface area (Å²) >= 11 is 0. The van der Waals surface area contributed by atoms with Gasteiger partial charge in [-0.2, -0.15) is 0 Å². The molecule has 2 rings (SSSR count). The second kappa shape index (κ2) is 6.75. The van der Waals surface area contributed by atoms with Gasteiger partial charge >= 0.3 is 0 Å². The standard InChI is InChI=1S/C15H24N2O3S/c1-11(16)8-12-6-7-14(10-17-12)20-13-4-3-5-15(9-13)21(2,18)19/h6-7,10-11,13,15H,3-5,8-9,16H2,1-2H3. The highest BCUT2D eigenvalue weighted by molar-refractivity contribution is 7.91. The minimum Gasteiger partial charge on any atom is -0.489 e. The van der Waals surface area contributed by atoms with Crippen LogP contribution in [-0.4, -0.2) is 37.1 Å². The quantitative estimate of drug-likeness (QED) is 0.895. The summed E-state index contributed by atoms with van der Waals surface area (Å²) in [6.45, 7) is 1.94. The fourth-order valence-electron chi connectivity index (χ4n) is 2.72. The van der Waals surface area contributed by atoms with E-state index in [4.69, 9.17) is 10.5 Å². The lowest BCUT2D eigenvalue weighted by Crippen LogP contribution is -2.33. The molecule has 3 unspecified atom stereocenters. The van der Waals surface area contributed by atoms with E-state index in [1.165, 1.54) is 6.26 Å². The number of rotatable bonds is 5. The van der Waals surface area contributed by atoms with Gasteiger partial charge in [0.1, 0.15) is 21.7 Å². The maximum Gasteiger partial charge on any atom is 0.150 e. The van der Waals surface area contributed by atoms with Gasteiger partial charge in [-0.25, -0.2) is 8.42 Å². The summed E-state index contributed by atoms with van der Waals surface area (Å²) in [4.78, 5) is 4.33. The Hall–Kier alpha value is -1.14. The van der Waals surface area contributed by atoms with Crippen molar-refractivity contribution in [3.63, 3.8) is 0 Å². The summed E-state index contributed by atoms with van der Waals surface area (Å²) in [5.74, 6) is 0.697. The average molecular weight is 312 g/mol. The highest BCUT2D eigenvalue weighted by atomic mass is 32.2. The van der Waals surface area contributed by atoms with E-state index in [1.807, 2.05) is 19.1 Å². The molecule has 5 nitrogen and oxygen atoms in total. The molecule has 118 valence electrons. The van der Waals surface area contributed by atoms with Crippen molar-refractivity contribution in [3.8, 4) is 5.75 Å². The van der Waals surface area contributed by atoms with Crippen LogP contribution in [0.5, 0.6) is 5.75 Å². The van der Waals surface area contributed by atoms with Crippen molar-refractivity contribution in [1.82, 2.24) is 4.98 Å².